The molecule has 0 N–H and O–H groups in total. The van der Waals surface area contributed by atoms with Crippen LogP contribution in [0.25, 0.3) is 6.08 Å². The van der Waals surface area contributed by atoms with E-state index in [1.807, 2.05) is 0 Å². The minimum absolute atomic E-state index is 0.250. The Morgan fingerprint density at radius 3 is 2.25 bits per heavy atom. The summed E-state index contributed by atoms with van der Waals surface area (Å²) in [5.41, 5.74) is 0.254. The van der Waals surface area contributed by atoms with Gasteiger partial charge in [-0.1, -0.05) is 12.1 Å². The Morgan fingerprint density at radius 1 is 0.929 bits per heavy atom. The lowest BCUT2D eigenvalue weighted by atomic mass is 10.1. The van der Waals surface area contributed by atoms with Gasteiger partial charge in [-0.3, -0.25) is 4.79 Å². The molecule has 0 unspecified atom stereocenters. The fourth-order valence-electron chi connectivity index (χ4n) is 2.37. The third kappa shape index (κ3) is 5.38. The van der Waals surface area contributed by atoms with Gasteiger partial charge in [0.1, 0.15) is 11.5 Å². The highest BCUT2D eigenvalue weighted by molar-refractivity contribution is 6.08. The van der Waals surface area contributed by atoms with Crippen molar-refractivity contribution < 1.29 is 41.3 Å². The van der Waals surface area contributed by atoms with Crippen LogP contribution in [0.2, 0.25) is 0 Å². The van der Waals surface area contributed by atoms with Gasteiger partial charge in [0.15, 0.2) is 17.3 Å². The van der Waals surface area contributed by atoms with Crippen molar-refractivity contribution >= 4 is 11.9 Å². The number of para-hydroxylation sites is 1. The van der Waals surface area contributed by atoms with E-state index in [1.54, 1.807) is 18.2 Å². The molecule has 0 amide bonds. The van der Waals surface area contributed by atoms with E-state index in [4.69, 9.17) is 9.47 Å². The van der Waals surface area contributed by atoms with E-state index in [9.17, 15) is 22.4 Å². The average Bonchev–Trinajstić information content (AvgIpc) is 2.64. The number of hydrogen-bond donors (Lipinski definition) is 0. The summed E-state index contributed by atoms with van der Waals surface area (Å²) in [4.78, 5) is 12.4. The van der Waals surface area contributed by atoms with Crippen molar-refractivity contribution in [2.24, 2.45) is 0 Å². The number of halogens is 4. The summed E-state index contributed by atoms with van der Waals surface area (Å²) in [5.74, 6) is -0.878. The number of carbonyl (C=O) groups excluding carboxylic acids is 1. The molecule has 0 saturated heterocycles. The maximum absolute atomic E-state index is 12.6. The Labute approximate surface area is 158 Å². The number of benzene rings is 2. The number of allylic oxidation sites excluding steroid dienone is 1. The molecule has 0 saturated carbocycles. The van der Waals surface area contributed by atoms with Crippen molar-refractivity contribution in [3.05, 3.63) is 53.6 Å². The van der Waals surface area contributed by atoms with Gasteiger partial charge in [-0.05, 0) is 30.4 Å². The third-order valence-corrected chi connectivity index (χ3v) is 3.51. The number of rotatable bonds is 9. The average molecular weight is 400 g/mol. The fraction of sp³-hybridized carbons (Fsp3) is 0.211. The molecular weight excluding hydrogens is 384 g/mol. The summed E-state index contributed by atoms with van der Waals surface area (Å²) in [7, 11) is 2.88. The number of ether oxygens (including phenoxy) is 4. The molecule has 0 aromatic heterocycles. The van der Waals surface area contributed by atoms with Crippen molar-refractivity contribution in [3.8, 4) is 23.0 Å². The molecular formula is C19H16F4O5. The molecule has 0 bridgehead atoms. The van der Waals surface area contributed by atoms with Gasteiger partial charge in [-0.15, -0.1) is 0 Å². The lowest BCUT2D eigenvalue weighted by Crippen LogP contribution is -2.08. The first-order valence-electron chi connectivity index (χ1n) is 7.82. The smallest absolute Gasteiger partial charge is 0.387 e. The molecule has 150 valence electrons. The maximum Gasteiger partial charge on any atom is 0.387 e. The van der Waals surface area contributed by atoms with Crippen LogP contribution in [0.4, 0.5) is 17.6 Å². The fourth-order valence-corrected chi connectivity index (χ4v) is 2.37. The predicted octanol–water partition coefficient (Wildman–Crippen LogP) is 4.80. The zero-order valence-electron chi connectivity index (χ0n) is 14.8. The molecule has 2 rings (SSSR count). The molecule has 9 heteroatoms. The van der Waals surface area contributed by atoms with Crippen LogP contribution in [-0.4, -0.2) is 33.2 Å². The van der Waals surface area contributed by atoms with Crippen molar-refractivity contribution in [2.75, 3.05) is 14.2 Å². The normalized spacial score (nSPS) is 11.1. The first-order valence-corrected chi connectivity index (χ1v) is 7.82. The van der Waals surface area contributed by atoms with Crippen LogP contribution in [0.15, 0.2) is 42.5 Å². The zero-order chi connectivity index (χ0) is 20.7. The van der Waals surface area contributed by atoms with Gasteiger partial charge in [0.05, 0.1) is 19.8 Å². The molecule has 0 heterocycles. The highest BCUT2D eigenvalue weighted by atomic mass is 19.3. The SMILES string of the molecule is COc1cccc(C=CC(=O)c2ccc(OC(F)F)cc2OC(F)F)c1OC. The van der Waals surface area contributed by atoms with E-state index >= 15 is 0 Å². The zero-order valence-corrected chi connectivity index (χ0v) is 14.8. The van der Waals surface area contributed by atoms with E-state index in [1.165, 1.54) is 20.3 Å². The lowest BCUT2D eigenvalue weighted by molar-refractivity contribution is -0.0544. The number of carbonyl (C=O) groups is 1. The Hall–Kier alpha value is -3.23. The van der Waals surface area contributed by atoms with Crippen LogP contribution in [0.1, 0.15) is 15.9 Å². The summed E-state index contributed by atoms with van der Waals surface area (Å²) in [6, 6.07) is 7.90. The third-order valence-electron chi connectivity index (χ3n) is 3.51. The Kier molecular flexibility index (Phi) is 7.25. The molecule has 0 radical (unpaired) electrons. The van der Waals surface area contributed by atoms with Crippen LogP contribution < -0.4 is 18.9 Å². The van der Waals surface area contributed by atoms with Gasteiger partial charge in [0, 0.05) is 11.6 Å². The molecule has 0 aliphatic rings. The second-order valence-corrected chi connectivity index (χ2v) is 5.20. The molecule has 0 fully saturated rings. The summed E-state index contributed by atoms with van der Waals surface area (Å²) in [6.45, 7) is -6.41. The topological polar surface area (TPSA) is 54.0 Å². The van der Waals surface area contributed by atoms with Gasteiger partial charge < -0.3 is 18.9 Å². The van der Waals surface area contributed by atoms with Gasteiger partial charge in [0.25, 0.3) is 0 Å². The van der Waals surface area contributed by atoms with Crippen LogP contribution in [0.3, 0.4) is 0 Å². The molecule has 2 aromatic carbocycles. The van der Waals surface area contributed by atoms with E-state index in [0.29, 0.717) is 17.1 Å². The molecule has 0 atom stereocenters. The van der Waals surface area contributed by atoms with Crippen molar-refractivity contribution in [3.63, 3.8) is 0 Å². The first-order chi connectivity index (χ1) is 13.3. The second-order valence-electron chi connectivity index (χ2n) is 5.20. The van der Waals surface area contributed by atoms with Crippen LogP contribution in [0.5, 0.6) is 23.0 Å². The summed E-state index contributed by atoms with van der Waals surface area (Å²) in [6.07, 6.45) is 2.51. The van der Waals surface area contributed by atoms with Crippen molar-refractivity contribution in [1.82, 2.24) is 0 Å². The minimum atomic E-state index is -3.25. The summed E-state index contributed by atoms with van der Waals surface area (Å²) >= 11 is 0. The Morgan fingerprint density at radius 2 is 1.64 bits per heavy atom. The molecule has 28 heavy (non-hydrogen) atoms. The van der Waals surface area contributed by atoms with Crippen LogP contribution in [-0.2, 0) is 0 Å². The number of hydrogen-bond acceptors (Lipinski definition) is 5. The minimum Gasteiger partial charge on any atom is -0.493 e. The maximum atomic E-state index is 12.6. The largest absolute Gasteiger partial charge is 0.493 e. The molecule has 0 aliphatic carbocycles. The van der Waals surface area contributed by atoms with Gasteiger partial charge in [-0.25, -0.2) is 0 Å². The lowest BCUT2D eigenvalue weighted by Gasteiger charge is -2.12. The van der Waals surface area contributed by atoms with E-state index < -0.39 is 30.5 Å². The summed E-state index contributed by atoms with van der Waals surface area (Å²) < 4.78 is 68.6. The van der Waals surface area contributed by atoms with E-state index in [-0.39, 0.29) is 5.56 Å². The highest BCUT2D eigenvalue weighted by Crippen LogP contribution is 2.32. The van der Waals surface area contributed by atoms with Gasteiger partial charge >= 0.3 is 13.2 Å². The molecule has 0 spiro atoms. The first kappa shape index (κ1) is 21.1. The summed E-state index contributed by atoms with van der Waals surface area (Å²) in [5, 5.41) is 0. The number of ketones is 1. The van der Waals surface area contributed by atoms with Crippen molar-refractivity contribution in [1.29, 1.82) is 0 Å². The Balaban J connectivity index is 2.34. The number of alkyl halides is 4. The van der Waals surface area contributed by atoms with E-state index in [0.717, 1.165) is 24.3 Å². The predicted molar refractivity (Wildman–Crippen MR) is 92.6 cm³/mol. The van der Waals surface area contributed by atoms with E-state index in [2.05, 4.69) is 9.47 Å². The van der Waals surface area contributed by atoms with Gasteiger partial charge in [-0.2, -0.15) is 17.6 Å². The molecule has 5 nitrogen and oxygen atoms in total. The Bertz CT molecular complexity index is 852. The molecule has 0 aliphatic heterocycles. The standard InChI is InChI=1S/C19H16F4O5/c1-25-15-5-3-4-11(17(15)26-2)6-9-14(24)13-8-7-12(27-18(20)21)10-16(13)28-19(22)23/h3-10,18-19H,1-2H3. The van der Waals surface area contributed by atoms with Gasteiger partial charge in [0.2, 0.25) is 0 Å². The number of methoxy groups -OCH3 is 2. The quantitative estimate of drug-likeness (QED) is 0.344. The monoisotopic (exact) mass is 400 g/mol. The highest BCUT2D eigenvalue weighted by Gasteiger charge is 2.17. The van der Waals surface area contributed by atoms with Crippen LogP contribution in [0, 0.1) is 0 Å². The molecule has 2 aromatic rings. The second kappa shape index (κ2) is 9.63. The van der Waals surface area contributed by atoms with Crippen molar-refractivity contribution in [2.45, 2.75) is 13.2 Å². The van der Waals surface area contributed by atoms with Crippen LogP contribution >= 0.6 is 0 Å².